The molecule has 0 aliphatic heterocycles. The van der Waals surface area contributed by atoms with Gasteiger partial charge in [0.1, 0.15) is 5.78 Å². The van der Waals surface area contributed by atoms with Crippen LogP contribution >= 0.6 is 0 Å². The first kappa shape index (κ1) is 10.4. The predicted molar refractivity (Wildman–Crippen MR) is 61.9 cm³/mol. The van der Waals surface area contributed by atoms with Crippen LogP contribution < -0.4 is 0 Å². The van der Waals surface area contributed by atoms with Crippen molar-refractivity contribution in [2.45, 2.75) is 39.0 Å². The Labute approximate surface area is 91.5 Å². The number of benzene rings is 1. The number of rotatable bonds is 2. The van der Waals surface area contributed by atoms with Gasteiger partial charge in [0.05, 0.1) is 0 Å². The van der Waals surface area contributed by atoms with Crippen molar-refractivity contribution in [1.29, 1.82) is 0 Å². The minimum Gasteiger partial charge on any atom is -0.299 e. The smallest absolute Gasteiger partial charge is 0.136 e. The molecule has 0 bridgehead atoms. The van der Waals surface area contributed by atoms with Gasteiger partial charge in [-0.15, -0.1) is 0 Å². The van der Waals surface area contributed by atoms with Crippen LogP contribution in [0.15, 0.2) is 24.3 Å². The molecule has 1 saturated carbocycles. The van der Waals surface area contributed by atoms with E-state index in [1.54, 1.807) is 0 Å². The summed E-state index contributed by atoms with van der Waals surface area (Å²) in [5.74, 6) is 1.25. The summed E-state index contributed by atoms with van der Waals surface area (Å²) in [7, 11) is 0. The van der Waals surface area contributed by atoms with Gasteiger partial charge in [0.15, 0.2) is 0 Å². The van der Waals surface area contributed by atoms with Gasteiger partial charge in [-0.2, -0.15) is 0 Å². The largest absolute Gasteiger partial charge is 0.299 e. The van der Waals surface area contributed by atoms with E-state index in [1.807, 2.05) is 0 Å². The maximum Gasteiger partial charge on any atom is 0.136 e. The molecular weight excluding hydrogens is 184 g/mol. The van der Waals surface area contributed by atoms with Crippen LogP contribution in [0.3, 0.4) is 0 Å². The lowest BCUT2D eigenvalue weighted by molar-refractivity contribution is -0.120. The normalized spacial score (nSPS) is 25.9. The number of aryl methyl sites for hydroxylation is 1. The molecule has 15 heavy (non-hydrogen) atoms. The van der Waals surface area contributed by atoms with Gasteiger partial charge in [0, 0.05) is 12.3 Å². The Morgan fingerprint density at radius 2 is 2.07 bits per heavy atom. The highest BCUT2D eigenvalue weighted by Gasteiger charge is 2.32. The maximum absolute atomic E-state index is 11.7. The van der Waals surface area contributed by atoms with Gasteiger partial charge in [-0.3, -0.25) is 4.79 Å². The minimum absolute atomic E-state index is 0.314. The molecule has 1 aliphatic rings. The third-order valence-corrected chi connectivity index (χ3v) is 3.59. The van der Waals surface area contributed by atoms with Crippen LogP contribution in [-0.2, 0) is 4.79 Å². The van der Waals surface area contributed by atoms with E-state index in [0.29, 0.717) is 17.6 Å². The van der Waals surface area contributed by atoms with Gasteiger partial charge in [-0.25, -0.2) is 0 Å². The van der Waals surface area contributed by atoms with Gasteiger partial charge in [0.25, 0.3) is 0 Å². The Morgan fingerprint density at radius 1 is 1.33 bits per heavy atom. The SMILES string of the molecule is CCC1CC(c2ccccc2C)CC1=O. The number of Topliss-reactive ketones (excluding diaryl/α,β-unsaturated/α-hetero) is 1. The zero-order valence-electron chi connectivity index (χ0n) is 9.49. The topological polar surface area (TPSA) is 17.1 Å². The Bertz CT molecular complexity index is 367. The quantitative estimate of drug-likeness (QED) is 0.717. The molecule has 1 nitrogen and oxygen atoms in total. The number of carbonyl (C=O) groups is 1. The maximum atomic E-state index is 11.7. The monoisotopic (exact) mass is 202 g/mol. The molecule has 0 radical (unpaired) electrons. The fourth-order valence-electron chi connectivity index (χ4n) is 2.64. The summed E-state index contributed by atoms with van der Waals surface area (Å²) in [5.41, 5.74) is 2.70. The molecular formula is C14H18O. The summed E-state index contributed by atoms with van der Waals surface area (Å²) in [5, 5.41) is 0. The van der Waals surface area contributed by atoms with Gasteiger partial charge in [-0.1, -0.05) is 31.2 Å². The number of ketones is 1. The zero-order chi connectivity index (χ0) is 10.8. The molecule has 1 aromatic rings. The molecule has 1 aliphatic carbocycles. The van der Waals surface area contributed by atoms with Gasteiger partial charge in [0.2, 0.25) is 0 Å². The molecule has 1 heteroatoms. The Hall–Kier alpha value is -1.11. The van der Waals surface area contributed by atoms with Crippen LogP contribution in [0.1, 0.15) is 43.2 Å². The summed E-state index contributed by atoms with van der Waals surface area (Å²) in [6.07, 6.45) is 2.81. The third kappa shape index (κ3) is 1.97. The molecule has 0 heterocycles. The van der Waals surface area contributed by atoms with Crippen LogP contribution in [-0.4, -0.2) is 5.78 Å². The van der Waals surface area contributed by atoms with Crippen molar-refractivity contribution in [1.82, 2.24) is 0 Å². The summed E-state index contributed by atoms with van der Waals surface area (Å²) in [6.45, 7) is 4.25. The molecule has 0 amide bonds. The minimum atomic E-state index is 0.314. The van der Waals surface area contributed by atoms with Crippen molar-refractivity contribution in [3.05, 3.63) is 35.4 Å². The van der Waals surface area contributed by atoms with E-state index in [9.17, 15) is 4.79 Å². The molecule has 80 valence electrons. The van der Waals surface area contributed by atoms with E-state index in [1.165, 1.54) is 11.1 Å². The predicted octanol–water partition coefficient (Wildman–Crippen LogP) is 3.47. The lowest BCUT2D eigenvalue weighted by Gasteiger charge is -2.12. The van der Waals surface area contributed by atoms with E-state index < -0.39 is 0 Å². The molecule has 1 fully saturated rings. The highest BCUT2D eigenvalue weighted by atomic mass is 16.1. The highest BCUT2D eigenvalue weighted by Crippen LogP contribution is 2.38. The van der Waals surface area contributed by atoms with E-state index in [-0.39, 0.29) is 0 Å². The lowest BCUT2D eigenvalue weighted by atomic mass is 9.92. The molecule has 0 aromatic heterocycles. The summed E-state index contributed by atoms with van der Waals surface area (Å²) in [6, 6.07) is 8.45. The Kier molecular flexibility index (Phi) is 2.90. The Morgan fingerprint density at radius 3 is 2.67 bits per heavy atom. The van der Waals surface area contributed by atoms with Crippen molar-refractivity contribution in [2.24, 2.45) is 5.92 Å². The second kappa shape index (κ2) is 4.18. The van der Waals surface area contributed by atoms with Crippen LogP contribution in [0.5, 0.6) is 0 Å². The van der Waals surface area contributed by atoms with E-state index in [4.69, 9.17) is 0 Å². The average molecular weight is 202 g/mol. The lowest BCUT2D eigenvalue weighted by Crippen LogP contribution is -2.03. The van der Waals surface area contributed by atoms with Crippen molar-refractivity contribution in [3.8, 4) is 0 Å². The van der Waals surface area contributed by atoms with E-state index in [0.717, 1.165) is 19.3 Å². The van der Waals surface area contributed by atoms with Crippen molar-refractivity contribution < 1.29 is 4.79 Å². The Balaban J connectivity index is 2.21. The highest BCUT2D eigenvalue weighted by molar-refractivity contribution is 5.84. The number of hydrogen-bond donors (Lipinski definition) is 0. The van der Waals surface area contributed by atoms with Crippen molar-refractivity contribution in [3.63, 3.8) is 0 Å². The van der Waals surface area contributed by atoms with E-state index in [2.05, 4.69) is 38.1 Å². The van der Waals surface area contributed by atoms with Crippen LogP contribution in [0.2, 0.25) is 0 Å². The zero-order valence-corrected chi connectivity index (χ0v) is 9.49. The molecule has 0 saturated heterocycles. The van der Waals surface area contributed by atoms with E-state index >= 15 is 0 Å². The van der Waals surface area contributed by atoms with Gasteiger partial charge in [-0.05, 0) is 36.8 Å². The summed E-state index contributed by atoms with van der Waals surface area (Å²) in [4.78, 5) is 11.7. The average Bonchev–Trinajstić information content (AvgIpc) is 2.60. The second-order valence-electron chi connectivity index (χ2n) is 4.56. The van der Waals surface area contributed by atoms with Crippen molar-refractivity contribution >= 4 is 5.78 Å². The number of hydrogen-bond acceptors (Lipinski definition) is 1. The molecule has 2 atom stereocenters. The standard InChI is InChI=1S/C14H18O/c1-3-11-8-12(9-14(11)15)13-7-5-4-6-10(13)2/h4-7,11-12H,3,8-9H2,1-2H3. The number of carbonyl (C=O) groups excluding carboxylic acids is 1. The van der Waals surface area contributed by atoms with Gasteiger partial charge >= 0.3 is 0 Å². The molecule has 0 N–H and O–H groups in total. The van der Waals surface area contributed by atoms with Crippen molar-refractivity contribution in [2.75, 3.05) is 0 Å². The first-order valence-electron chi connectivity index (χ1n) is 5.80. The fraction of sp³-hybridized carbons (Fsp3) is 0.500. The fourth-order valence-corrected chi connectivity index (χ4v) is 2.64. The molecule has 2 rings (SSSR count). The van der Waals surface area contributed by atoms with Gasteiger partial charge < -0.3 is 0 Å². The van der Waals surface area contributed by atoms with Crippen LogP contribution in [0.4, 0.5) is 0 Å². The summed E-state index contributed by atoms with van der Waals surface area (Å²) < 4.78 is 0. The second-order valence-corrected chi connectivity index (χ2v) is 4.56. The first-order chi connectivity index (χ1) is 7.22. The first-order valence-corrected chi connectivity index (χ1v) is 5.80. The van der Waals surface area contributed by atoms with Crippen LogP contribution in [0.25, 0.3) is 0 Å². The summed E-state index contributed by atoms with van der Waals surface area (Å²) >= 11 is 0. The third-order valence-electron chi connectivity index (χ3n) is 3.59. The van der Waals surface area contributed by atoms with Crippen LogP contribution in [0, 0.1) is 12.8 Å². The molecule has 2 unspecified atom stereocenters. The molecule has 1 aromatic carbocycles. The molecule has 0 spiro atoms.